The predicted molar refractivity (Wildman–Crippen MR) is 107 cm³/mol. The lowest BCUT2D eigenvalue weighted by atomic mass is 10.1. The standard InChI is InChI=1S/C20H25ClN4O/c1-20(2,3)23-18-13-15(7-8-22-18)19(26)25-11-9-24(10-12-25)17-6-4-5-16(21)14-17/h4-8,13-14H,9-12H2,1-3H3,(H,22,23). The number of amides is 1. The van der Waals surface area contributed by atoms with Crippen LogP contribution in [0.15, 0.2) is 42.6 Å². The van der Waals surface area contributed by atoms with Gasteiger partial charge in [0, 0.05) is 54.2 Å². The van der Waals surface area contributed by atoms with E-state index in [1.54, 1.807) is 12.3 Å². The van der Waals surface area contributed by atoms with Gasteiger partial charge in [0.1, 0.15) is 5.82 Å². The van der Waals surface area contributed by atoms with Crippen molar-refractivity contribution in [1.82, 2.24) is 9.88 Å². The molecule has 1 fully saturated rings. The Morgan fingerprint density at radius 3 is 2.50 bits per heavy atom. The average molecular weight is 373 g/mol. The lowest BCUT2D eigenvalue weighted by Gasteiger charge is -2.36. The van der Waals surface area contributed by atoms with Gasteiger partial charge in [0.15, 0.2) is 0 Å². The van der Waals surface area contributed by atoms with Crippen molar-refractivity contribution in [2.75, 3.05) is 36.4 Å². The number of benzene rings is 1. The summed E-state index contributed by atoms with van der Waals surface area (Å²) in [6.45, 7) is 9.18. The molecule has 5 nitrogen and oxygen atoms in total. The zero-order chi connectivity index (χ0) is 18.7. The molecule has 1 saturated heterocycles. The number of hydrogen-bond acceptors (Lipinski definition) is 4. The number of aromatic nitrogens is 1. The van der Waals surface area contributed by atoms with Crippen molar-refractivity contribution in [2.24, 2.45) is 0 Å². The summed E-state index contributed by atoms with van der Waals surface area (Å²) in [7, 11) is 0. The first-order valence-electron chi connectivity index (χ1n) is 8.86. The van der Waals surface area contributed by atoms with Crippen LogP contribution in [0.1, 0.15) is 31.1 Å². The number of anilines is 2. The molecule has 26 heavy (non-hydrogen) atoms. The van der Waals surface area contributed by atoms with Crippen molar-refractivity contribution in [2.45, 2.75) is 26.3 Å². The molecule has 1 N–H and O–H groups in total. The van der Waals surface area contributed by atoms with Crippen molar-refractivity contribution >= 4 is 29.0 Å². The number of carbonyl (C=O) groups is 1. The number of hydrogen-bond donors (Lipinski definition) is 1. The summed E-state index contributed by atoms with van der Waals surface area (Å²) in [6.07, 6.45) is 1.68. The zero-order valence-corrected chi connectivity index (χ0v) is 16.3. The second kappa shape index (κ2) is 7.54. The van der Waals surface area contributed by atoms with Gasteiger partial charge in [-0.25, -0.2) is 4.98 Å². The predicted octanol–water partition coefficient (Wildman–Crippen LogP) is 3.91. The van der Waals surface area contributed by atoms with Crippen molar-refractivity contribution in [3.63, 3.8) is 0 Å². The minimum Gasteiger partial charge on any atom is -0.368 e. The Balaban J connectivity index is 1.64. The molecule has 138 valence electrons. The molecule has 0 atom stereocenters. The monoisotopic (exact) mass is 372 g/mol. The molecule has 0 bridgehead atoms. The van der Waals surface area contributed by atoms with Crippen molar-refractivity contribution < 1.29 is 4.79 Å². The second-order valence-corrected chi connectivity index (χ2v) is 8.00. The molecule has 0 aliphatic carbocycles. The van der Waals surface area contributed by atoms with E-state index >= 15 is 0 Å². The summed E-state index contributed by atoms with van der Waals surface area (Å²) in [5.74, 6) is 0.774. The third-order valence-corrected chi connectivity index (χ3v) is 4.49. The maximum Gasteiger partial charge on any atom is 0.254 e. The van der Waals surface area contributed by atoms with Crippen LogP contribution in [0.2, 0.25) is 5.02 Å². The van der Waals surface area contributed by atoms with Crippen LogP contribution in [0.4, 0.5) is 11.5 Å². The first-order valence-corrected chi connectivity index (χ1v) is 9.24. The van der Waals surface area contributed by atoms with E-state index in [1.165, 1.54) is 0 Å². The highest BCUT2D eigenvalue weighted by Gasteiger charge is 2.23. The highest BCUT2D eigenvalue weighted by atomic mass is 35.5. The number of carbonyl (C=O) groups excluding carboxylic acids is 1. The van der Waals surface area contributed by atoms with Gasteiger partial charge < -0.3 is 15.1 Å². The van der Waals surface area contributed by atoms with Gasteiger partial charge in [-0.15, -0.1) is 0 Å². The molecule has 0 saturated carbocycles. The van der Waals surface area contributed by atoms with Crippen LogP contribution in [0.3, 0.4) is 0 Å². The zero-order valence-electron chi connectivity index (χ0n) is 15.5. The Labute approximate surface area is 160 Å². The molecule has 3 rings (SSSR count). The van der Waals surface area contributed by atoms with Gasteiger partial charge in [-0.1, -0.05) is 17.7 Å². The third-order valence-electron chi connectivity index (χ3n) is 4.25. The maximum atomic E-state index is 12.8. The third kappa shape index (κ3) is 4.67. The lowest BCUT2D eigenvalue weighted by Crippen LogP contribution is -2.48. The Hall–Kier alpha value is -2.27. The SMILES string of the molecule is CC(C)(C)Nc1cc(C(=O)N2CCN(c3cccc(Cl)c3)CC2)ccn1. The molecule has 0 radical (unpaired) electrons. The number of nitrogens with zero attached hydrogens (tertiary/aromatic N) is 3. The van der Waals surface area contributed by atoms with Crippen molar-refractivity contribution in [1.29, 1.82) is 0 Å². The number of nitrogens with one attached hydrogen (secondary N) is 1. The van der Waals surface area contributed by atoms with Crippen molar-refractivity contribution in [3.05, 3.63) is 53.2 Å². The molecular formula is C20H25ClN4O. The van der Waals surface area contributed by atoms with Gasteiger partial charge >= 0.3 is 0 Å². The van der Waals surface area contributed by atoms with E-state index in [1.807, 2.05) is 29.2 Å². The molecule has 1 aliphatic heterocycles. The molecule has 1 aliphatic rings. The summed E-state index contributed by atoms with van der Waals surface area (Å²) < 4.78 is 0. The van der Waals surface area contributed by atoms with E-state index in [4.69, 9.17) is 11.6 Å². The molecule has 2 aromatic rings. The number of piperazine rings is 1. The van der Waals surface area contributed by atoms with Gasteiger partial charge in [0.2, 0.25) is 0 Å². The molecule has 1 aromatic heterocycles. The Bertz CT molecular complexity index is 779. The summed E-state index contributed by atoms with van der Waals surface area (Å²) in [6, 6.07) is 11.5. The van der Waals surface area contributed by atoms with E-state index in [9.17, 15) is 4.79 Å². The fourth-order valence-electron chi connectivity index (χ4n) is 3.04. The minimum absolute atomic E-state index is 0.0510. The molecule has 0 unspecified atom stereocenters. The van der Waals surface area contributed by atoms with E-state index in [0.29, 0.717) is 18.7 Å². The van der Waals surface area contributed by atoms with E-state index in [2.05, 4.69) is 42.0 Å². The van der Waals surface area contributed by atoms with Crippen LogP contribution >= 0.6 is 11.6 Å². The van der Waals surface area contributed by atoms with Crippen LogP contribution in [0.5, 0.6) is 0 Å². The number of pyridine rings is 1. The summed E-state index contributed by atoms with van der Waals surface area (Å²) in [4.78, 5) is 21.3. The Morgan fingerprint density at radius 2 is 1.85 bits per heavy atom. The number of halogens is 1. The smallest absolute Gasteiger partial charge is 0.254 e. The molecule has 0 spiro atoms. The average Bonchev–Trinajstić information content (AvgIpc) is 2.60. The fraction of sp³-hybridized carbons (Fsp3) is 0.400. The Kier molecular flexibility index (Phi) is 5.37. The van der Waals surface area contributed by atoms with Crippen LogP contribution < -0.4 is 10.2 Å². The summed E-state index contributed by atoms with van der Waals surface area (Å²) in [5.41, 5.74) is 1.67. The quantitative estimate of drug-likeness (QED) is 0.887. The van der Waals surface area contributed by atoms with Gasteiger partial charge in [0.25, 0.3) is 5.91 Å². The topological polar surface area (TPSA) is 48.5 Å². The van der Waals surface area contributed by atoms with Crippen LogP contribution in [0, 0.1) is 0 Å². The van der Waals surface area contributed by atoms with Gasteiger partial charge in [-0.05, 0) is 51.1 Å². The summed E-state index contributed by atoms with van der Waals surface area (Å²) >= 11 is 6.08. The molecule has 1 amide bonds. The van der Waals surface area contributed by atoms with Gasteiger partial charge in [-0.3, -0.25) is 4.79 Å². The Morgan fingerprint density at radius 1 is 1.12 bits per heavy atom. The highest BCUT2D eigenvalue weighted by molar-refractivity contribution is 6.30. The minimum atomic E-state index is -0.0999. The first-order chi connectivity index (χ1) is 12.3. The van der Waals surface area contributed by atoms with E-state index in [0.717, 1.165) is 29.6 Å². The van der Waals surface area contributed by atoms with Gasteiger partial charge in [-0.2, -0.15) is 0 Å². The largest absolute Gasteiger partial charge is 0.368 e. The first kappa shape index (κ1) is 18.5. The molecular weight excluding hydrogens is 348 g/mol. The van der Waals surface area contributed by atoms with Crippen LogP contribution in [-0.2, 0) is 0 Å². The van der Waals surface area contributed by atoms with E-state index in [-0.39, 0.29) is 11.4 Å². The van der Waals surface area contributed by atoms with Gasteiger partial charge in [0.05, 0.1) is 0 Å². The van der Waals surface area contributed by atoms with E-state index < -0.39 is 0 Å². The lowest BCUT2D eigenvalue weighted by molar-refractivity contribution is 0.0746. The summed E-state index contributed by atoms with van der Waals surface area (Å²) in [5, 5.41) is 4.04. The second-order valence-electron chi connectivity index (χ2n) is 7.56. The molecule has 2 heterocycles. The van der Waals surface area contributed by atoms with Crippen LogP contribution in [0.25, 0.3) is 0 Å². The van der Waals surface area contributed by atoms with Crippen molar-refractivity contribution in [3.8, 4) is 0 Å². The highest BCUT2D eigenvalue weighted by Crippen LogP contribution is 2.21. The fourth-order valence-corrected chi connectivity index (χ4v) is 3.22. The molecule has 1 aromatic carbocycles. The van der Waals surface area contributed by atoms with Crippen LogP contribution in [-0.4, -0.2) is 47.5 Å². The maximum absolute atomic E-state index is 12.8. The normalized spacial score (nSPS) is 15.1. The number of rotatable bonds is 3. The molecule has 6 heteroatoms.